The quantitative estimate of drug-likeness (QED) is 0.694. The van der Waals surface area contributed by atoms with Crippen LogP contribution in [-0.2, 0) is 9.53 Å². The Morgan fingerprint density at radius 3 is 2.66 bits per heavy atom. The van der Waals surface area contributed by atoms with Crippen molar-refractivity contribution in [2.24, 2.45) is 5.73 Å². The lowest BCUT2D eigenvalue weighted by molar-refractivity contribution is -0.120. The van der Waals surface area contributed by atoms with Crippen molar-refractivity contribution in [3.63, 3.8) is 0 Å². The Balaban J connectivity index is 1.91. The number of halogens is 1. The minimum absolute atomic E-state index is 0.0214. The zero-order chi connectivity index (χ0) is 21.5. The fourth-order valence-corrected chi connectivity index (χ4v) is 3.33. The predicted octanol–water partition coefficient (Wildman–Crippen LogP) is 2.49. The Morgan fingerprint density at radius 2 is 2.03 bits per heavy atom. The monoisotopic (exact) mass is 423 g/mol. The lowest BCUT2D eigenvalue weighted by atomic mass is 10.1. The van der Waals surface area contributed by atoms with Gasteiger partial charge in [-0.2, -0.15) is 0 Å². The van der Waals surface area contributed by atoms with E-state index in [1.807, 2.05) is 0 Å². The Kier molecular flexibility index (Phi) is 5.46. The molecule has 29 heavy (non-hydrogen) atoms. The van der Waals surface area contributed by atoms with E-state index < -0.39 is 35.7 Å². The Morgan fingerprint density at radius 1 is 1.34 bits per heavy atom. The number of nitrogens with one attached hydrogen (secondary N) is 1. The molecular formula is C19H22ClN3O6. The smallest absolute Gasteiger partial charge is 0.411 e. The first-order chi connectivity index (χ1) is 13.5. The number of primary amides is 1. The summed E-state index contributed by atoms with van der Waals surface area (Å²) in [4.78, 5) is 38.3. The van der Waals surface area contributed by atoms with Gasteiger partial charge in [0.1, 0.15) is 22.9 Å². The molecule has 2 atom stereocenters. The number of aliphatic hydroxyl groups is 1. The largest absolute Gasteiger partial charge is 0.449 e. The van der Waals surface area contributed by atoms with Gasteiger partial charge >= 0.3 is 6.09 Å². The maximum atomic E-state index is 12.9. The highest BCUT2D eigenvalue weighted by molar-refractivity contribution is 6.31. The number of carbonyl (C=O) groups excluding carboxylic acids is 3. The molecule has 2 heterocycles. The number of nitrogens with two attached hydrogens (primary N) is 1. The first-order valence-corrected chi connectivity index (χ1v) is 9.34. The summed E-state index contributed by atoms with van der Waals surface area (Å²) in [7, 11) is 0. The van der Waals surface area contributed by atoms with Crippen LogP contribution in [0.1, 0.15) is 37.7 Å². The molecule has 0 aliphatic carbocycles. The highest BCUT2D eigenvalue weighted by Crippen LogP contribution is 2.33. The molecule has 1 aromatic carbocycles. The SMILES string of the molecule is CC(C)(C)OC(=O)N1CC(O)CC1C(=O)Nc1c(C(N)=O)oc2ccc(Cl)cc12. The van der Waals surface area contributed by atoms with Crippen LogP contribution in [0.25, 0.3) is 11.0 Å². The number of carbonyl (C=O) groups is 3. The van der Waals surface area contributed by atoms with E-state index in [2.05, 4.69) is 5.32 Å². The summed E-state index contributed by atoms with van der Waals surface area (Å²) in [6, 6.07) is 3.65. The second kappa shape index (κ2) is 7.57. The Bertz CT molecular complexity index is 980. The number of aliphatic hydroxyl groups excluding tert-OH is 1. The number of amides is 3. The van der Waals surface area contributed by atoms with Gasteiger partial charge in [0.25, 0.3) is 5.91 Å². The first-order valence-electron chi connectivity index (χ1n) is 8.96. The van der Waals surface area contributed by atoms with E-state index in [0.717, 1.165) is 4.90 Å². The molecule has 1 aliphatic rings. The molecule has 0 bridgehead atoms. The summed E-state index contributed by atoms with van der Waals surface area (Å²) < 4.78 is 10.8. The van der Waals surface area contributed by atoms with Crippen LogP contribution < -0.4 is 11.1 Å². The number of β-amino-alcohol motifs (C(OH)–C–C–N with tert-alkyl or cyclic N) is 1. The highest BCUT2D eigenvalue weighted by Gasteiger charge is 2.41. The summed E-state index contributed by atoms with van der Waals surface area (Å²) >= 11 is 6.02. The summed E-state index contributed by atoms with van der Waals surface area (Å²) in [5, 5.41) is 13.4. The number of furan rings is 1. The van der Waals surface area contributed by atoms with Crippen molar-refractivity contribution in [1.29, 1.82) is 0 Å². The van der Waals surface area contributed by atoms with Gasteiger partial charge in [-0.25, -0.2) is 4.79 Å². The molecule has 156 valence electrons. The summed E-state index contributed by atoms with van der Waals surface area (Å²) in [6.45, 7) is 5.06. The van der Waals surface area contributed by atoms with Crippen LogP contribution in [0.4, 0.5) is 10.5 Å². The molecule has 3 rings (SSSR count). The number of hydrogen-bond donors (Lipinski definition) is 3. The highest BCUT2D eigenvalue weighted by atomic mass is 35.5. The van der Waals surface area contributed by atoms with Gasteiger partial charge < -0.3 is 25.3 Å². The normalized spacial score (nSPS) is 19.4. The maximum absolute atomic E-state index is 12.9. The molecule has 1 aromatic heterocycles. The third-order valence-corrected chi connectivity index (χ3v) is 4.57. The number of nitrogens with zero attached hydrogens (tertiary/aromatic N) is 1. The molecule has 1 aliphatic heterocycles. The first kappa shape index (κ1) is 20.9. The van der Waals surface area contributed by atoms with Crippen LogP contribution in [0.5, 0.6) is 0 Å². The maximum Gasteiger partial charge on any atom is 0.411 e. The fourth-order valence-electron chi connectivity index (χ4n) is 3.16. The van der Waals surface area contributed by atoms with E-state index in [1.165, 1.54) is 6.07 Å². The van der Waals surface area contributed by atoms with Gasteiger partial charge in [-0.1, -0.05) is 11.6 Å². The summed E-state index contributed by atoms with van der Waals surface area (Å²) in [6.07, 6.45) is -1.58. The molecule has 9 nitrogen and oxygen atoms in total. The third-order valence-electron chi connectivity index (χ3n) is 4.33. The lowest BCUT2D eigenvalue weighted by Crippen LogP contribution is -2.45. The predicted molar refractivity (Wildman–Crippen MR) is 106 cm³/mol. The molecule has 3 amide bonds. The number of anilines is 1. The third kappa shape index (κ3) is 4.46. The summed E-state index contributed by atoms with van der Waals surface area (Å²) in [5.41, 5.74) is 4.98. The molecule has 1 saturated heterocycles. The average Bonchev–Trinajstić information content (AvgIpc) is 3.14. The molecule has 0 spiro atoms. The molecule has 2 unspecified atom stereocenters. The van der Waals surface area contributed by atoms with Gasteiger partial charge in [0.2, 0.25) is 11.7 Å². The number of hydrogen-bond acceptors (Lipinski definition) is 6. The fraction of sp³-hybridized carbons (Fsp3) is 0.421. The van der Waals surface area contributed by atoms with Crippen molar-refractivity contribution < 1.29 is 28.6 Å². The van der Waals surface area contributed by atoms with Crippen molar-refractivity contribution >= 4 is 46.2 Å². The van der Waals surface area contributed by atoms with E-state index in [9.17, 15) is 19.5 Å². The zero-order valence-electron chi connectivity index (χ0n) is 16.2. The van der Waals surface area contributed by atoms with Gasteiger partial charge in [-0.15, -0.1) is 0 Å². The minimum atomic E-state index is -0.996. The van der Waals surface area contributed by atoms with Crippen molar-refractivity contribution in [2.75, 3.05) is 11.9 Å². The van der Waals surface area contributed by atoms with E-state index in [-0.39, 0.29) is 24.4 Å². The molecular weight excluding hydrogens is 402 g/mol. The van der Waals surface area contributed by atoms with Crippen molar-refractivity contribution in [3.8, 4) is 0 Å². The molecule has 0 radical (unpaired) electrons. The van der Waals surface area contributed by atoms with Gasteiger partial charge in [0, 0.05) is 16.8 Å². The van der Waals surface area contributed by atoms with E-state index in [1.54, 1.807) is 32.9 Å². The topological polar surface area (TPSA) is 135 Å². The van der Waals surface area contributed by atoms with Crippen molar-refractivity contribution in [2.45, 2.75) is 44.9 Å². The Hall–Kier alpha value is -2.78. The van der Waals surface area contributed by atoms with Crippen LogP contribution in [0.3, 0.4) is 0 Å². The zero-order valence-corrected chi connectivity index (χ0v) is 16.9. The number of fused-ring (bicyclic) bond motifs is 1. The number of benzene rings is 1. The van der Waals surface area contributed by atoms with Crippen LogP contribution >= 0.6 is 11.6 Å². The second-order valence-electron chi connectivity index (χ2n) is 7.84. The summed E-state index contributed by atoms with van der Waals surface area (Å²) in [5.74, 6) is -1.72. The number of ether oxygens (including phenoxy) is 1. The minimum Gasteiger partial charge on any atom is -0.449 e. The van der Waals surface area contributed by atoms with E-state index >= 15 is 0 Å². The molecule has 4 N–H and O–H groups in total. The molecule has 2 aromatic rings. The van der Waals surface area contributed by atoms with Crippen molar-refractivity contribution in [3.05, 3.63) is 29.0 Å². The van der Waals surface area contributed by atoms with Crippen LogP contribution in [0.15, 0.2) is 22.6 Å². The van der Waals surface area contributed by atoms with Crippen LogP contribution in [0.2, 0.25) is 5.02 Å². The number of likely N-dealkylation sites (tertiary alicyclic amines) is 1. The average molecular weight is 424 g/mol. The second-order valence-corrected chi connectivity index (χ2v) is 8.27. The molecule has 1 fully saturated rings. The van der Waals surface area contributed by atoms with Crippen LogP contribution in [-0.4, -0.2) is 52.2 Å². The lowest BCUT2D eigenvalue weighted by Gasteiger charge is -2.27. The number of rotatable bonds is 3. The van der Waals surface area contributed by atoms with E-state index in [4.69, 9.17) is 26.5 Å². The van der Waals surface area contributed by atoms with Gasteiger partial charge in [0.15, 0.2) is 0 Å². The van der Waals surface area contributed by atoms with Gasteiger partial charge in [-0.3, -0.25) is 14.5 Å². The van der Waals surface area contributed by atoms with Gasteiger partial charge in [0.05, 0.1) is 12.6 Å². The Labute approximate surface area is 171 Å². The molecule has 10 heteroatoms. The van der Waals surface area contributed by atoms with Gasteiger partial charge in [-0.05, 0) is 39.0 Å². The molecule has 0 saturated carbocycles. The van der Waals surface area contributed by atoms with E-state index in [0.29, 0.717) is 16.0 Å². The van der Waals surface area contributed by atoms with Crippen molar-refractivity contribution in [1.82, 2.24) is 4.90 Å². The standard InChI is InChI=1S/C19H22ClN3O6/c1-19(2,3)29-18(27)23-8-10(24)7-12(23)17(26)22-14-11-6-9(20)4-5-13(11)28-15(14)16(21)25/h4-6,10,12,24H,7-8H2,1-3H3,(H2,21,25)(H,22,26). The van der Waals surface area contributed by atoms with Crippen LogP contribution in [0, 0.1) is 0 Å².